The van der Waals surface area contributed by atoms with Gasteiger partial charge in [-0.05, 0) is 67.0 Å². The summed E-state index contributed by atoms with van der Waals surface area (Å²) in [6, 6.07) is 14.5. The van der Waals surface area contributed by atoms with Gasteiger partial charge in [-0.3, -0.25) is 4.31 Å². The summed E-state index contributed by atoms with van der Waals surface area (Å²) >= 11 is 1.29. The van der Waals surface area contributed by atoms with Crippen molar-refractivity contribution in [1.82, 2.24) is 9.97 Å². The number of carboxylic acids is 1. The molecule has 8 nitrogen and oxygen atoms in total. The molecule has 1 atom stereocenters. The fourth-order valence-corrected chi connectivity index (χ4v) is 4.93. The molecular weight excluding hydrogens is 488 g/mol. The van der Waals surface area contributed by atoms with Crippen molar-refractivity contribution in [2.45, 2.75) is 52.0 Å². The normalized spacial score (nSPS) is 12.3. The molecule has 1 unspecified atom stereocenters. The summed E-state index contributed by atoms with van der Waals surface area (Å²) in [4.78, 5) is 21.7. The van der Waals surface area contributed by atoms with Gasteiger partial charge in [0.25, 0.3) is 0 Å². The number of carbonyl (C=O) groups is 1. The van der Waals surface area contributed by atoms with E-state index in [1.54, 1.807) is 29.6 Å². The molecule has 0 aliphatic rings. The number of methoxy groups -OCH3 is 1. The van der Waals surface area contributed by atoms with E-state index in [0.717, 1.165) is 28.8 Å². The molecule has 3 aromatic rings. The molecule has 3 N–H and O–H groups in total. The minimum atomic E-state index is -0.990. The summed E-state index contributed by atoms with van der Waals surface area (Å²) < 4.78 is 13.3. The van der Waals surface area contributed by atoms with Gasteiger partial charge in [-0.2, -0.15) is 4.98 Å². The van der Waals surface area contributed by atoms with Gasteiger partial charge in [0.15, 0.2) is 0 Å². The number of anilines is 1. The highest BCUT2D eigenvalue weighted by Crippen LogP contribution is 2.33. The van der Waals surface area contributed by atoms with E-state index in [2.05, 4.69) is 25.8 Å². The maximum Gasteiger partial charge on any atom is 0.335 e. The Morgan fingerprint density at radius 2 is 1.78 bits per heavy atom. The van der Waals surface area contributed by atoms with Gasteiger partial charge < -0.3 is 20.3 Å². The van der Waals surface area contributed by atoms with Crippen molar-refractivity contribution >= 4 is 23.9 Å². The number of nitrogens with zero attached hydrogens (tertiary/aromatic N) is 3. The molecule has 0 aliphatic heterocycles. The molecule has 1 aromatic heterocycles. The number of aromatic nitrogens is 2. The smallest absolute Gasteiger partial charge is 0.335 e. The molecule has 0 radical (unpaired) electrons. The van der Waals surface area contributed by atoms with E-state index in [4.69, 9.17) is 20.2 Å². The average molecular weight is 525 g/mol. The Morgan fingerprint density at radius 1 is 1.11 bits per heavy atom. The number of aryl methyl sites for hydroxylation is 2. The fraction of sp³-hybridized carbons (Fsp3) is 0.393. The Balaban J connectivity index is 2.01. The molecule has 0 saturated heterocycles. The van der Waals surface area contributed by atoms with Crippen molar-refractivity contribution in [3.63, 3.8) is 0 Å². The van der Waals surface area contributed by atoms with Gasteiger partial charge in [-0.25, -0.2) is 9.78 Å². The molecule has 0 bridgehead atoms. The van der Waals surface area contributed by atoms with E-state index in [1.165, 1.54) is 11.9 Å². The SMILES string of the molecule is COCN(Sc1cccc(C(=O)O)c1)c1nc(OCC(N)CC(C)(C)C)cc(-c2c(C)cccc2C)n1. The fourth-order valence-electron chi connectivity index (χ4n) is 4.04. The summed E-state index contributed by atoms with van der Waals surface area (Å²) in [6.07, 6.45) is 0.806. The number of aromatic carboxylic acids is 1. The second-order valence-electron chi connectivity index (χ2n) is 10.2. The van der Waals surface area contributed by atoms with Gasteiger partial charge >= 0.3 is 5.97 Å². The number of benzene rings is 2. The van der Waals surface area contributed by atoms with Crippen LogP contribution in [0.15, 0.2) is 53.4 Å². The quantitative estimate of drug-likeness (QED) is 0.240. The summed E-state index contributed by atoms with van der Waals surface area (Å²) in [5, 5.41) is 9.39. The predicted molar refractivity (Wildman–Crippen MR) is 148 cm³/mol. The van der Waals surface area contributed by atoms with Crippen LogP contribution in [-0.4, -0.2) is 47.5 Å². The Bertz CT molecular complexity index is 1210. The maximum atomic E-state index is 11.5. The van der Waals surface area contributed by atoms with Gasteiger partial charge in [0.2, 0.25) is 11.8 Å². The zero-order valence-electron chi connectivity index (χ0n) is 22.3. The summed E-state index contributed by atoms with van der Waals surface area (Å²) in [5.74, 6) is -0.198. The van der Waals surface area contributed by atoms with Crippen LogP contribution in [0.1, 0.15) is 48.7 Å². The lowest BCUT2D eigenvalue weighted by Gasteiger charge is -2.24. The van der Waals surface area contributed by atoms with E-state index < -0.39 is 5.97 Å². The van der Waals surface area contributed by atoms with E-state index >= 15 is 0 Å². The highest BCUT2D eigenvalue weighted by molar-refractivity contribution is 8.00. The van der Waals surface area contributed by atoms with Gasteiger partial charge in [0.1, 0.15) is 13.3 Å². The van der Waals surface area contributed by atoms with Crippen LogP contribution < -0.4 is 14.8 Å². The van der Waals surface area contributed by atoms with E-state index in [0.29, 0.717) is 23.3 Å². The monoisotopic (exact) mass is 524 g/mol. The molecule has 9 heteroatoms. The Labute approximate surface area is 223 Å². The molecule has 3 rings (SSSR count). The minimum absolute atomic E-state index is 0.0828. The van der Waals surface area contributed by atoms with Crippen LogP contribution in [0.2, 0.25) is 0 Å². The summed E-state index contributed by atoms with van der Waals surface area (Å²) in [6.45, 7) is 11.0. The molecule has 37 heavy (non-hydrogen) atoms. The summed E-state index contributed by atoms with van der Waals surface area (Å²) in [5.41, 5.74) is 10.5. The van der Waals surface area contributed by atoms with Crippen LogP contribution in [-0.2, 0) is 4.74 Å². The average Bonchev–Trinajstić information content (AvgIpc) is 2.81. The largest absolute Gasteiger partial charge is 0.478 e. The first-order chi connectivity index (χ1) is 17.5. The first-order valence-electron chi connectivity index (χ1n) is 12.1. The molecule has 0 aliphatic carbocycles. The van der Waals surface area contributed by atoms with Crippen molar-refractivity contribution in [2.75, 3.05) is 24.8 Å². The van der Waals surface area contributed by atoms with Gasteiger partial charge in [-0.15, -0.1) is 0 Å². The predicted octanol–water partition coefficient (Wildman–Crippen LogP) is 5.72. The van der Waals surface area contributed by atoms with Gasteiger partial charge in [0.05, 0.1) is 11.3 Å². The number of carboxylic acid groups (broad SMARTS) is 1. The number of rotatable bonds is 11. The standard InChI is InChI=1S/C28H36N4O4S/c1-18-9-7-10-19(2)25(18)23-14-24(36-16-21(29)15-28(3,4)5)31-27(30-23)32(17-35-6)37-22-12-8-11-20(13-22)26(33)34/h7-14,21H,15-17,29H2,1-6H3,(H,33,34). The first-order valence-corrected chi connectivity index (χ1v) is 12.9. The van der Waals surface area contributed by atoms with E-state index in [-0.39, 0.29) is 23.8 Å². The lowest BCUT2D eigenvalue weighted by Crippen LogP contribution is -2.32. The van der Waals surface area contributed by atoms with E-state index in [1.807, 2.05) is 44.2 Å². The lowest BCUT2D eigenvalue weighted by atomic mass is 9.89. The zero-order valence-corrected chi connectivity index (χ0v) is 23.1. The number of hydrogen-bond acceptors (Lipinski definition) is 8. The first kappa shape index (κ1) is 28.4. The van der Waals surface area contributed by atoms with Crippen LogP contribution in [0.25, 0.3) is 11.3 Å². The van der Waals surface area contributed by atoms with Crippen LogP contribution >= 0.6 is 11.9 Å². The number of hydrogen-bond donors (Lipinski definition) is 2. The van der Waals surface area contributed by atoms with E-state index in [9.17, 15) is 9.90 Å². The molecule has 0 amide bonds. The van der Waals surface area contributed by atoms with Crippen molar-refractivity contribution in [1.29, 1.82) is 0 Å². The second-order valence-corrected chi connectivity index (χ2v) is 11.3. The molecule has 0 saturated carbocycles. The van der Waals surface area contributed by atoms with Crippen LogP contribution in [0.4, 0.5) is 5.95 Å². The number of ether oxygens (including phenoxy) is 2. The Kier molecular flexibility index (Phi) is 9.53. The molecule has 198 valence electrons. The zero-order chi connectivity index (χ0) is 27.2. The topological polar surface area (TPSA) is 111 Å². The van der Waals surface area contributed by atoms with Gasteiger partial charge in [0, 0.05) is 29.7 Å². The molecule has 1 heterocycles. The third-order valence-corrected chi connectivity index (χ3v) is 6.47. The van der Waals surface area contributed by atoms with Gasteiger partial charge in [-0.1, -0.05) is 45.0 Å². The molecule has 0 fully saturated rings. The van der Waals surface area contributed by atoms with Crippen LogP contribution in [0, 0.1) is 19.3 Å². The van der Waals surface area contributed by atoms with Crippen LogP contribution in [0.3, 0.4) is 0 Å². The maximum absolute atomic E-state index is 11.5. The highest BCUT2D eigenvalue weighted by atomic mass is 32.2. The minimum Gasteiger partial charge on any atom is -0.478 e. The van der Waals surface area contributed by atoms with Crippen molar-refractivity contribution in [2.24, 2.45) is 11.1 Å². The van der Waals surface area contributed by atoms with Crippen LogP contribution in [0.5, 0.6) is 5.88 Å². The Hall–Kier alpha value is -3.14. The number of nitrogens with two attached hydrogens (primary N) is 1. The van der Waals surface area contributed by atoms with Crippen molar-refractivity contribution < 1.29 is 19.4 Å². The molecule has 0 spiro atoms. The highest BCUT2D eigenvalue weighted by Gasteiger charge is 2.20. The Morgan fingerprint density at radius 3 is 2.41 bits per heavy atom. The molecular formula is C28H36N4O4S. The lowest BCUT2D eigenvalue weighted by molar-refractivity contribution is 0.0696. The second kappa shape index (κ2) is 12.4. The summed E-state index contributed by atoms with van der Waals surface area (Å²) in [7, 11) is 1.58. The van der Waals surface area contributed by atoms with Crippen molar-refractivity contribution in [3.8, 4) is 17.1 Å². The molecule has 2 aromatic carbocycles. The third kappa shape index (κ3) is 8.18. The third-order valence-electron chi connectivity index (χ3n) is 5.51. The van der Waals surface area contributed by atoms with Crippen molar-refractivity contribution in [3.05, 3.63) is 65.2 Å².